The van der Waals surface area contributed by atoms with E-state index in [1.165, 1.54) is 0 Å². The smallest absolute Gasteiger partial charge is 0.168 e. The van der Waals surface area contributed by atoms with Crippen molar-refractivity contribution in [1.29, 1.82) is 0 Å². The fraction of sp³-hybridized carbons (Fsp3) is 0.167. The number of aliphatic imine (C=N–C) groups is 1. The number of aromatic nitrogens is 2. The molecule has 0 saturated heterocycles. The first kappa shape index (κ1) is 17.4. The number of anilines is 1. The molecule has 103 valence electrons. The second-order valence-electron chi connectivity index (χ2n) is 3.94. The summed E-state index contributed by atoms with van der Waals surface area (Å²) in [6.45, 7) is 1.62. The van der Waals surface area contributed by atoms with E-state index in [1.54, 1.807) is 12.4 Å². The predicted octanol–water partition coefficient (Wildman–Crippen LogP) is 1.44. The van der Waals surface area contributed by atoms with E-state index in [-0.39, 0.29) is 38.2 Å². The number of nitrogens with one attached hydrogen (secondary N) is 1. The van der Waals surface area contributed by atoms with Crippen LogP contribution in [-0.2, 0) is 32.7 Å². The molecule has 1 radical (unpaired) electrons. The Bertz CT molecular complexity index is 636. The Balaban J connectivity index is 0.000001000. The van der Waals surface area contributed by atoms with E-state index >= 15 is 0 Å². The molecule has 8 heteroatoms. The van der Waals surface area contributed by atoms with Crippen molar-refractivity contribution in [3.05, 3.63) is 36.0 Å². The fourth-order valence-corrected chi connectivity index (χ4v) is 2.36. The topological polar surface area (TPSA) is 84.9 Å². The molecular weight excluding hydrogens is 399 g/mol. The van der Waals surface area contributed by atoms with Gasteiger partial charge in [-0.3, -0.25) is 22.0 Å². The minimum atomic E-state index is 0. The number of benzene rings is 1. The van der Waals surface area contributed by atoms with Crippen molar-refractivity contribution in [3.8, 4) is 0 Å². The molecule has 0 spiro atoms. The first-order valence-corrected chi connectivity index (χ1v) is 6.34. The van der Waals surface area contributed by atoms with Crippen LogP contribution in [-0.4, -0.2) is 39.4 Å². The van der Waals surface area contributed by atoms with Gasteiger partial charge < -0.3 is 15.7 Å². The molecular formula is C12H13BrN5OY-. The molecule has 0 atom stereocenters. The van der Waals surface area contributed by atoms with Gasteiger partial charge in [0.15, 0.2) is 5.96 Å². The summed E-state index contributed by atoms with van der Waals surface area (Å²) in [6, 6.07) is 3.88. The predicted molar refractivity (Wildman–Crippen MR) is 78.8 cm³/mol. The molecule has 0 saturated carbocycles. The second kappa shape index (κ2) is 7.40. The SMILES string of the molecule is O.[CH2-]N1CCN=C1Nc1ccc2nccnc2c1Br.[Y]. The summed E-state index contributed by atoms with van der Waals surface area (Å²) in [6.07, 6.45) is 3.36. The molecule has 1 aromatic carbocycles. The fourth-order valence-electron chi connectivity index (χ4n) is 1.82. The van der Waals surface area contributed by atoms with Gasteiger partial charge in [-0.2, -0.15) is 0 Å². The Hall–Kier alpha value is -0.626. The molecule has 0 amide bonds. The van der Waals surface area contributed by atoms with E-state index in [9.17, 15) is 0 Å². The van der Waals surface area contributed by atoms with Crippen molar-refractivity contribution in [2.24, 2.45) is 4.99 Å². The zero-order valence-electron chi connectivity index (χ0n) is 10.7. The summed E-state index contributed by atoms with van der Waals surface area (Å²) in [5.41, 5.74) is 2.60. The van der Waals surface area contributed by atoms with Crippen molar-refractivity contribution in [2.45, 2.75) is 0 Å². The molecule has 0 aliphatic carbocycles. The molecule has 0 fully saturated rings. The minimum Gasteiger partial charge on any atom is -0.494 e. The summed E-state index contributed by atoms with van der Waals surface area (Å²) >= 11 is 3.55. The summed E-state index contributed by atoms with van der Waals surface area (Å²) in [4.78, 5) is 14.8. The number of rotatable bonds is 1. The van der Waals surface area contributed by atoms with Crippen molar-refractivity contribution >= 4 is 38.6 Å². The van der Waals surface area contributed by atoms with Crippen LogP contribution in [0.3, 0.4) is 0 Å². The molecule has 1 aliphatic rings. The molecule has 2 aromatic rings. The van der Waals surface area contributed by atoms with Gasteiger partial charge in [0.25, 0.3) is 0 Å². The zero-order chi connectivity index (χ0) is 12.5. The van der Waals surface area contributed by atoms with Crippen LogP contribution in [0.5, 0.6) is 0 Å². The van der Waals surface area contributed by atoms with Crippen LogP contribution in [0.25, 0.3) is 11.0 Å². The number of guanidine groups is 1. The Kier molecular flexibility index (Phi) is 6.45. The third-order valence-electron chi connectivity index (χ3n) is 2.76. The molecule has 1 aliphatic heterocycles. The summed E-state index contributed by atoms with van der Waals surface area (Å²) in [5.74, 6) is 0.777. The second-order valence-corrected chi connectivity index (χ2v) is 4.74. The molecule has 3 rings (SSSR count). The number of hydrogen-bond donors (Lipinski definition) is 1. The molecule has 2 heterocycles. The number of nitrogens with zero attached hydrogens (tertiary/aromatic N) is 4. The quantitative estimate of drug-likeness (QED) is 0.719. The van der Waals surface area contributed by atoms with Crippen LogP contribution in [0.1, 0.15) is 0 Å². The van der Waals surface area contributed by atoms with Crippen LogP contribution in [0.4, 0.5) is 5.69 Å². The van der Waals surface area contributed by atoms with Gasteiger partial charge in [0.2, 0.25) is 0 Å². The Morgan fingerprint density at radius 1 is 1.25 bits per heavy atom. The average molecular weight is 412 g/mol. The molecule has 1 aromatic heterocycles. The maximum absolute atomic E-state index is 4.35. The molecule has 0 unspecified atom stereocenters. The third-order valence-corrected chi connectivity index (χ3v) is 3.56. The largest absolute Gasteiger partial charge is 0.494 e. The van der Waals surface area contributed by atoms with Crippen molar-refractivity contribution in [1.82, 2.24) is 14.9 Å². The van der Waals surface area contributed by atoms with Gasteiger partial charge in [-0.05, 0) is 28.1 Å². The normalized spacial score (nSPS) is 13.5. The average Bonchev–Trinajstić information content (AvgIpc) is 2.79. The van der Waals surface area contributed by atoms with E-state index in [0.29, 0.717) is 0 Å². The summed E-state index contributed by atoms with van der Waals surface area (Å²) in [5, 5.41) is 3.25. The Labute approximate surface area is 150 Å². The van der Waals surface area contributed by atoms with E-state index in [1.807, 2.05) is 17.0 Å². The van der Waals surface area contributed by atoms with E-state index in [2.05, 4.69) is 43.3 Å². The maximum atomic E-state index is 4.35. The van der Waals surface area contributed by atoms with Crippen LogP contribution in [0.15, 0.2) is 34.0 Å². The number of halogens is 1. The van der Waals surface area contributed by atoms with Crippen LogP contribution >= 0.6 is 15.9 Å². The van der Waals surface area contributed by atoms with Gasteiger partial charge in [0, 0.05) is 51.6 Å². The summed E-state index contributed by atoms with van der Waals surface area (Å²) in [7, 11) is 3.90. The third kappa shape index (κ3) is 3.33. The van der Waals surface area contributed by atoms with Crippen LogP contribution in [0.2, 0.25) is 0 Å². The summed E-state index contributed by atoms with van der Waals surface area (Å²) < 4.78 is 0.885. The van der Waals surface area contributed by atoms with Gasteiger partial charge >= 0.3 is 0 Å². The maximum Gasteiger partial charge on any atom is 0.168 e. The number of hydrogen-bond acceptors (Lipinski definition) is 5. The van der Waals surface area contributed by atoms with Crippen LogP contribution < -0.4 is 5.32 Å². The first-order chi connectivity index (χ1) is 8.75. The van der Waals surface area contributed by atoms with E-state index in [0.717, 1.165) is 40.2 Å². The first-order valence-electron chi connectivity index (χ1n) is 5.54. The van der Waals surface area contributed by atoms with Gasteiger partial charge in [0.1, 0.15) is 5.52 Å². The van der Waals surface area contributed by atoms with Gasteiger partial charge in [0.05, 0.1) is 22.2 Å². The Morgan fingerprint density at radius 3 is 2.70 bits per heavy atom. The van der Waals surface area contributed by atoms with Gasteiger partial charge in [-0.25, -0.2) is 0 Å². The van der Waals surface area contributed by atoms with Crippen LogP contribution in [0, 0.1) is 7.05 Å². The molecule has 3 N–H and O–H groups in total. The van der Waals surface area contributed by atoms with Gasteiger partial charge in [-0.15, -0.1) is 0 Å². The van der Waals surface area contributed by atoms with Crippen molar-refractivity contribution in [3.63, 3.8) is 0 Å². The standard InChI is InChI=1S/C12H11BrN5.H2O.Y/c1-18-7-6-16-12(18)17-8-2-3-9-11(10(8)13)15-5-4-14-9;;/h2-5H,1,6-7H2,(H,16,17);1H2;/q-1;;. The monoisotopic (exact) mass is 411 g/mol. The van der Waals surface area contributed by atoms with Crippen molar-refractivity contribution < 1.29 is 38.2 Å². The molecule has 6 nitrogen and oxygen atoms in total. The van der Waals surface area contributed by atoms with E-state index in [4.69, 9.17) is 0 Å². The van der Waals surface area contributed by atoms with Gasteiger partial charge in [-0.1, -0.05) is 0 Å². The minimum absolute atomic E-state index is 0. The number of fused-ring (bicyclic) bond motifs is 1. The Morgan fingerprint density at radius 2 is 2.00 bits per heavy atom. The van der Waals surface area contributed by atoms with E-state index < -0.39 is 0 Å². The molecule has 20 heavy (non-hydrogen) atoms. The van der Waals surface area contributed by atoms with Crippen molar-refractivity contribution in [2.75, 3.05) is 18.4 Å². The molecule has 0 bridgehead atoms. The zero-order valence-corrected chi connectivity index (χ0v) is 15.1.